The van der Waals surface area contributed by atoms with E-state index in [1.807, 2.05) is 24.3 Å². The molecule has 6 heteroatoms. The van der Waals surface area contributed by atoms with Crippen LogP contribution in [-0.2, 0) is 6.54 Å². The molecule has 21 heavy (non-hydrogen) atoms. The molecule has 0 radical (unpaired) electrons. The second-order valence-corrected chi connectivity index (χ2v) is 4.49. The van der Waals surface area contributed by atoms with E-state index in [4.69, 9.17) is 26.9 Å². The van der Waals surface area contributed by atoms with Crippen LogP contribution in [-0.4, -0.2) is 11.6 Å². The summed E-state index contributed by atoms with van der Waals surface area (Å²) in [7, 11) is 0. The zero-order valence-electron chi connectivity index (χ0n) is 11.0. The Morgan fingerprint density at radius 2 is 1.90 bits per heavy atom. The molecule has 104 valence electrons. The molecule has 0 spiro atoms. The monoisotopic (exact) mass is 298 g/mol. The number of nitrogens with one attached hydrogen (secondary N) is 1. The number of ether oxygens (including phenoxy) is 1. The maximum absolute atomic E-state index is 8.87. The van der Waals surface area contributed by atoms with E-state index in [1.165, 1.54) is 0 Å². The Hall–Kier alpha value is -2.76. The van der Waals surface area contributed by atoms with Gasteiger partial charge in [0.15, 0.2) is 12.3 Å². The van der Waals surface area contributed by atoms with E-state index in [0.717, 1.165) is 5.56 Å². The van der Waals surface area contributed by atoms with Crippen molar-refractivity contribution in [3.63, 3.8) is 0 Å². The molecule has 0 atom stereocenters. The average molecular weight is 299 g/mol. The van der Waals surface area contributed by atoms with Gasteiger partial charge in [-0.25, -0.2) is 4.98 Å². The van der Waals surface area contributed by atoms with Crippen molar-refractivity contribution in [1.29, 1.82) is 10.5 Å². The second-order valence-electron chi connectivity index (χ2n) is 4.08. The lowest BCUT2D eigenvalue weighted by molar-refractivity contribution is 0.368. The molecule has 0 saturated heterocycles. The first-order valence-corrected chi connectivity index (χ1v) is 6.50. The van der Waals surface area contributed by atoms with Crippen molar-refractivity contribution in [1.82, 2.24) is 4.98 Å². The summed E-state index contributed by atoms with van der Waals surface area (Å²) >= 11 is 5.82. The molecule has 0 unspecified atom stereocenters. The number of nitrogens with zero attached hydrogens (tertiary/aromatic N) is 3. The minimum atomic E-state index is 0.0310. The predicted molar refractivity (Wildman–Crippen MR) is 78.8 cm³/mol. The number of anilines is 1. The Balaban J connectivity index is 1.97. The Morgan fingerprint density at radius 3 is 2.57 bits per heavy atom. The highest BCUT2D eigenvalue weighted by Gasteiger charge is 2.03. The second kappa shape index (κ2) is 7.14. The Morgan fingerprint density at radius 1 is 1.14 bits per heavy atom. The third kappa shape index (κ3) is 4.10. The number of benzene rings is 1. The summed E-state index contributed by atoms with van der Waals surface area (Å²) in [4.78, 5) is 4.10. The van der Waals surface area contributed by atoms with Crippen molar-refractivity contribution in [2.45, 2.75) is 6.54 Å². The lowest BCUT2D eigenvalue weighted by atomic mass is 10.2. The smallest absolute Gasteiger partial charge is 0.174 e. The number of hydrogen-bond acceptors (Lipinski definition) is 5. The van der Waals surface area contributed by atoms with Crippen LogP contribution < -0.4 is 10.1 Å². The summed E-state index contributed by atoms with van der Waals surface area (Å²) in [5, 5.41) is 20.7. The molecule has 2 rings (SSSR count). The number of nitriles is 2. The van der Waals surface area contributed by atoms with Crippen molar-refractivity contribution in [2.24, 2.45) is 0 Å². The molecule has 0 bridgehead atoms. The number of aromatic nitrogens is 1. The minimum absolute atomic E-state index is 0.0310. The normalized spacial score (nSPS) is 9.48. The molecule has 1 heterocycles. The van der Waals surface area contributed by atoms with Crippen LogP contribution in [0.15, 0.2) is 36.4 Å². The van der Waals surface area contributed by atoms with Gasteiger partial charge >= 0.3 is 0 Å². The molecule has 1 aromatic carbocycles. The van der Waals surface area contributed by atoms with Gasteiger partial charge in [-0.3, -0.25) is 0 Å². The van der Waals surface area contributed by atoms with Crippen LogP contribution >= 0.6 is 11.6 Å². The molecular weight excluding hydrogens is 288 g/mol. The van der Waals surface area contributed by atoms with E-state index < -0.39 is 0 Å². The van der Waals surface area contributed by atoms with Crippen LogP contribution in [0.5, 0.6) is 5.75 Å². The maximum Gasteiger partial charge on any atom is 0.174 e. The molecule has 2 aromatic rings. The molecule has 0 aliphatic rings. The fourth-order valence-electron chi connectivity index (χ4n) is 1.63. The summed E-state index contributed by atoms with van der Waals surface area (Å²) in [6.07, 6.45) is 0. The highest BCUT2D eigenvalue weighted by molar-refractivity contribution is 6.31. The molecule has 0 amide bonds. The van der Waals surface area contributed by atoms with Crippen LogP contribution in [0.25, 0.3) is 0 Å². The van der Waals surface area contributed by atoms with Gasteiger partial charge in [-0.1, -0.05) is 23.7 Å². The third-order valence-corrected chi connectivity index (χ3v) is 2.96. The summed E-state index contributed by atoms with van der Waals surface area (Å²) in [6.45, 7) is 0.585. The fraction of sp³-hybridized carbons (Fsp3) is 0.133. The SMILES string of the molecule is N#CCOc1ccc(CNc2ccc(Cl)c(C#N)n2)cc1. The summed E-state index contributed by atoms with van der Waals surface area (Å²) < 4.78 is 5.17. The van der Waals surface area contributed by atoms with Crippen molar-refractivity contribution in [2.75, 3.05) is 11.9 Å². The van der Waals surface area contributed by atoms with Crippen molar-refractivity contribution in [3.8, 4) is 17.9 Å². The van der Waals surface area contributed by atoms with Gasteiger partial charge in [0.25, 0.3) is 0 Å². The Labute approximate surface area is 127 Å². The van der Waals surface area contributed by atoms with Crippen LogP contribution in [0.2, 0.25) is 5.02 Å². The first kappa shape index (κ1) is 14.6. The molecular formula is C15H11ClN4O. The van der Waals surface area contributed by atoms with E-state index in [-0.39, 0.29) is 12.3 Å². The van der Waals surface area contributed by atoms with Gasteiger partial charge in [0.1, 0.15) is 23.7 Å². The topological polar surface area (TPSA) is 81.7 Å². The predicted octanol–water partition coefficient (Wildman–Crippen LogP) is 3.12. The molecule has 0 aliphatic heterocycles. The number of hydrogen-bond donors (Lipinski definition) is 1. The van der Waals surface area contributed by atoms with Crippen LogP contribution in [0, 0.1) is 22.7 Å². The lowest BCUT2D eigenvalue weighted by Gasteiger charge is -2.07. The highest BCUT2D eigenvalue weighted by atomic mass is 35.5. The maximum atomic E-state index is 8.87. The van der Waals surface area contributed by atoms with E-state index in [0.29, 0.717) is 23.1 Å². The zero-order valence-corrected chi connectivity index (χ0v) is 11.8. The first-order chi connectivity index (χ1) is 10.2. The standard InChI is InChI=1S/C15H11ClN4O/c16-13-5-6-15(20-14(13)9-18)19-10-11-1-3-12(4-2-11)21-8-7-17/h1-6H,8,10H2,(H,19,20). The summed E-state index contributed by atoms with van der Waals surface area (Å²) in [5.74, 6) is 1.23. The summed E-state index contributed by atoms with van der Waals surface area (Å²) in [6, 6.07) is 14.6. The van der Waals surface area contributed by atoms with Gasteiger partial charge < -0.3 is 10.1 Å². The van der Waals surface area contributed by atoms with Gasteiger partial charge in [-0.2, -0.15) is 10.5 Å². The van der Waals surface area contributed by atoms with Gasteiger partial charge in [0.05, 0.1) is 5.02 Å². The quantitative estimate of drug-likeness (QED) is 0.917. The number of pyridine rings is 1. The lowest BCUT2D eigenvalue weighted by Crippen LogP contribution is -2.02. The van der Waals surface area contributed by atoms with Crippen molar-refractivity contribution in [3.05, 3.63) is 52.7 Å². The first-order valence-electron chi connectivity index (χ1n) is 6.12. The molecule has 1 N–H and O–H groups in total. The van der Waals surface area contributed by atoms with E-state index >= 15 is 0 Å². The van der Waals surface area contributed by atoms with E-state index in [9.17, 15) is 0 Å². The zero-order chi connectivity index (χ0) is 15.1. The van der Waals surface area contributed by atoms with Gasteiger partial charge in [0.2, 0.25) is 0 Å². The van der Waals surface area contributed by atoms with Gasteiger partial charge in [-0.05, 0) is 29.8 Å². The van der Waals surface area contributed by atoms with Crippen molar-refractivity contribution >= 4 is 17.4 Å². The largest absolute Gasteiger partial charge is 0.479 e. The molecule has 1 aromatic heterocycles. The van der Waals surface area contributed by atoms with Crippen LogP contribution in [0.3, 0.4) is 0 Å². The summed E-state index contributed by atoms with van der Waals surface area (Å²) in [5.41, 5.74) is 1.22. The molecule has 5 nitrogen and oxygen atoms in total. The highest BCUT2D eigenvalue weighted by Crippen LogP contribution is 2.17. The Bertz CT molecular complexity index is 701. The molecule has 0 fully saturated rings. The van der Waals surface area contributed by atoms with Crippen LogP contribution in [0.1, 0.15) is 11.3 Å². The average Bonchev–Trinajstić information content (AvgIpc) is 2.53. The number of halogens is 1. The fourth-order valence-corrected chi connectivity index (χ4v) is 1.78. The van der Waals surface area contributed by atoms with E-state index in [2.05, 4.69) is 10.3 Å². The minimum Gasteiger partial charge on any atom is -0.479 e. The molecule has 0 saturated carbocycles. The molecule has 0 aliphatic carbocycles. The number of rotatable bonds is 5. The Kier molecular flexibility index (Phi) is 4.98. The van der Waals surface area contributed by atoms with Crippen molar-refractivity contribution < 1.29 is 4.74 Å². The van der Waals surface area contributed by atoms with Gasteiger partial charge in [0, 0.05) is 6.54 Å². The van der Waals surface area contributed by atoms with Gasteiger partial charge in [-0.15, -0.1) is 0 Å². The van der Waals surface area contributed by atoms with E-state index in [1.54, 1.807) is 24.3 Å². The third-order valence-electron chi connectivity index (χ3n) is 2.65. The van der Waals surface area contributed by atoms with Crippen LogP contribution in [0.4, 0.5) is 5.82 Å².